The molecule has 0 saturated carbocycles. The van der Waals surface area contributed by atoms with E-state index >= 15 is 0 Å². The van der Waals surface area contributed by atoms with Crippen LogP contribution >= 0.6 is 11.8 Å². The third-order valence-electron chi connectivity index (χ3n) is 4.66. The van der Waals surface area contributed by atoms with Crippen molar-refractivity contribution in [1.82, 2.24) is 10.2 Å². The highest BCUT2D eigenvalue weighted by molar-refractivity contribution is 7.99. The van der Waals surface area contributed by atoms with Crippen molar-refractivity contribution in [3.05, 3.63) is 0 Å². The molecule has 2 aliphatic heterocycles. The summed E-state index contributed by atoms with van der Waals surface area (Å²) >= 11 is 2.07. The first-order valence-electron chi connectivity index (χ1n) is 8.57. The first-order chi connectivity index (χ1) is 10.3. The van der Waals surface area contributed by atoms with Gasteiger partial charge in [-0.25, -0.2) is 4.79 Å². The lowest BCUT2D eigenvalue weighted by molar-refractivity contribution is 0.0117. The minimum absolute atomic E-state index is 0.160. The van der Waals surface area contributed by atoms with E-state index in [1.807, 2.05) is 25.7 Å². The first-order valence-corrected chi connectivity index (χ1v) is 9.72. The fraction of sp³-hybridized carbons (Fsp3) is 0.941. The van der Waals surface area contributed by atoms with Gasteiger partial charge < -0.3 is 15.0 Å². The van der Waals surface area contributed by atoms with Crippen LogP contribution in [0.2, 0.25) is 0 Å². The number of thioether (sulfide) groups is 1. The van der Waals surface area contributed by atoms with E-state index in [9.17, 15) is 4.79 Å². The number of likely N-dealkylation sites (tertiary alicyclic amines) is 1. The topological polar surface area (TPSA) is 41.6 Å². The van der Waals surface area contributed by atoms with Gasteiger partial charge in [0.1, 0.15) is 5.60 Å². The smallest absolute Gasteiger partial charge is 0.410 e. The highest BCUT2D eigenvalue weighted by Gasteiger charge is 2.34. The Morgan fingerprint density at radius 2 is 1.86 bits per heavy atom. The summed E-state index contributed by atoms with van der Waals surface area (Å²) in [6, 6.07) is 0.696. The second-order valence-electron chi connectivity index (χ2n) is 8.05. The molecule has 0 aromatic carbocycles. The maximum atomic E-state index is 12.1. The van der Waals surface area contributed by atoms with E-state index in [4.69, 9.17) is 4.74 Å². The van der Waals surface area contributed by atoms with Gasteiger partial charge in [0.25, 0.3) is 0 Å². The molecule has 0 aromatic rings. The van der Waals surface area contributed by atoms with Crippen molar-refractivity contribution in [2.24, 2.45) is 5.41 Å². The fourth-order valence-corrected chi connectivity index (χ4v) is 4.13. The third kappa shape index (κ3) is 5.65. The van der Waals surface area contributed by atoms with Crippen molar-refractivity contribution in [3.63, 3.8) is 0 Å². The van der Waals surface area contributed by atoms with E-state index in [1.165, 1.54) is 24.3 Å². The summed E-state index contributed by atoms with van der Waals surface area (Å²) in [6.07, 6.45) is 4.54. The summed E-state index contributed by atoms with van der Waals surface area (Å²) in [5.41, 5.74) is -0.0957. The molecular formula is C17H32N2O2S. The molecule has 1 N–H and O–H groups in total. The summed E-state index contributed by atoms with van der Waals surface area (Å²) in [7, 11) is 0. The Morgan fingerprint density at radius 1 is 1.27 bits per heavy atom. The molecular weight excluding hydrogens is 296 g/mol. The number of nitrogens with zero attached hydrogens (tertiary/aromatic N) is 1. The number of carbonyl (C=O) groups excluding carboxylic acids is 1. The van der Waals surface area contributed by atoms with Gasteiger partial charge in [-0.1, -0.05) is 6.92 Å². The zero-order chi connectivity index (χ0) is 16.2. The summed E-state index contributed by atoms with van der Waals surface area (Å²) < 4.78 is 5.47. The number of amides is 1. The largest absolute Gasteiger partial charge is 0.444 e. The third-order valence-corrected chi connectivity index (χ3v) is 5.71. The number of hydrogen-bond acceptors (Lipinski definition) is 4. The number of ether oxygens (including phenoxy) is 1. The Labute approximate surface area is 139 Å². The lowest BCUT2D eigenvalue weighted by atomic mass is 9.80. The van der Waals surface area contributed by atoms with Crippen molar-refractivity contribution in [1.29, 1.82) is 0 Å². The lowest BCUT2D eigenvalue weighted by Gasteiger charge is -2.40. The van der Waals surface area contributed by atoms with E-state index in [0.717, 1.165) is 32.5 Å². The van der Waals surface area contributed by atoms with Crippen LogP contribution in [0.25, 0.3) is 0 Å². The molecule has 0 unspecified atom stereocenters. The fourth-order valence-electron chi connectivity index (χ4n) is 3.02. The Kier molecular flexibility index (Phi) is 6.06. The maximum absolute atomic E-state index is 12.1. The van der Waals surface area contributed by atoms with Gasteiger partial charge in [-0.2, -0.15) is 11.8 Å². The molecule has 5 heteroatoms. The summed E-state index contributed by atoms with van der Waals surface area (Å²) in [5, 5.41) is 3.77. The van der Waals surface area contributed by atoms with Crippen molar-refractivity contribution >= 4 is 17.9 Å². The second-order valence-corrected chi connectivity index (χ2v) is 9.27. The average Bonchev–Trinajstić information content (AvgIpc) is 2.45. The van der Waals surface area contributed by atoms with Gasteiger partial charge in [-0.05, 0) is 63.4 Å². The van der Waals surface area contributed by atoms with E-state index in [0.29, 0.717) is 11.5 Å². The van der Waals surface area contributed by atoms with Crippen molar-refractivity contribution in [2.45, 2.75) is 65.0 Å². The number of piperidine rings is 1. The van der Waals surface area contributed by atoms with Gasteiger partial charge in [0.2, 0.25) is 0 Å². The minimum atomic E-state index is -0.404. The Bertz CT molecular complexity index is 367. The first kappa shape index (κ1) is 17.9. The van der Waals surface area contributed by atoms with Crippen LogP contribution in [0.4, 0.5) is 4.79 Å². The van der Waals surface area contributed by atoms with Crippen LogP contribution in [0, 0.1) is 5.41 Å². The summed E-state index contributed by atoms with van der Waals surface area (Å²) in [4.78, 5) is 14.0. The van der Waals surface area contributed by atoms with Gasteiger partial charge >= 0.3 is 6.09 Å². The molecule has 2 heterocycles. The van der Waals surface area contributed by atoms with Gasteiger partial charge in [-0.3, -0.25) is 0 Å². The van der Waals surface area contributed by atoms with E-state index in [2.05, 4.69) is 24.0 Å². The van der Waals surface area contributed by atoms with E-state index in [-0.39, 0.29) is 6.09 Å². The van der Waals surface area contributed by atoms with Gasteiger partial charge in [0.15, 0.2) is 0 Å². The summed E-state index contributed by atoms with van der Waals surface area (Å²) in [6.45, 7) is 10.8. The quantitative estimate of drug-likeness (QED) is 0.861. The lowest BCUT2D eigenvalue weighted by Crippen LogP contribution is -2.48. The zero-order valence-corrected chi connectivity index (χ0v) is 15.4. The molecule has 2 saturated heterocycles. The number of nitrogens with one attached hydrogen (secondary N) is 1. The van der Waals surface area contributed by atoms with Crippen LogP contribution in [-0.4, -0.2) is 53.8 Å². The molecule has 0 atom stereocenters. The van der Waals surface area contributed by atoms with E-state index < -0.39 is 5.60 Å². The molecule has 0 aromatic heterocycles. The predicted octanol–water partition coefficient (Wildman–Crippen LogP) is 3.51. The normalized spacial score (nSPS) is 23.4. The Morgan fingerprint density at radius 3 is 2.41 bits per heavy atom. The van der Waals surface area contributed by atoms with Gasteiger partial charge in [-0.15, -0.1) is 0 Å². The standard InChI is InChI=1S/C17H32N2O2S/c1-16(2,3)21-15(20)19-9-7-17(4,8-10-19)13-18-14-5-11-22-12-6-14/h14,18H,5-13H2,1-4H3. The molecule has 0 aliphatic carbocycles. The highest BCUT2D eigenvalue weighted by atomic mass is 32.2. The zero-order valence-electron chi connectivity index (χ0n) is 14.6. The molecule has 2 fully saturated rings. The van der Waals surface area contributed by atoms with Crippen molar-refractivity contribution in [2.75, 3.05) is 31.1 Å². The monoisotopic (exact) mass is 328 g/mol. The molecule has 1 amide bonds. The van der Waals surface area contributed by atoms with Crippen LogP contribution in [0.1, 0.15) is 53.4 Å². The number of rotatable bonds is 3. The van der Waals surface area contributed by atoms with Gasteiger partial charge in [0.05, 0.1) is 0 Å². The van der Waals surface area contributed by atoms with Crippen LogP contribution in [0.5, 0.6) is 0 Å². The number of hydrogen-bond donors (Lipinski definition) is 1. The molecule has 128 valence electrons. The van der Waals surface area contributed by atoms with Crippen molar-refractivity contribution < 1.29 is 9.53 Å². The molecule has 0 spiro atoms. The molecule has 0 bridgehead atoms. The highest BCUT2D eigenvalue weighted by Crippen LogP contribution is 2.31. The molecule has 4 nitrogen and oxygen atoms in total. The minimum Gasteiger partial charge on any atom is -0.444 e. The molecule has 22 heavy (non-hydrogen) atoms. The SMILES string of the molecule is CC1(CNC2CCSCC2)CCN(C(=O)OC(C)(C)C)CC1. The van der Waals surface area contributed by atoms with Crippen LogP contribution in [-0.2, 0) is 4.74 Å². The van der Waals surface area contributed by atoms with E-state index in [1.54, 1.807) is 0 Å². The Hall–Kier alpha value is -0.420. The second kappa shape index (κ2) is 7.43. The number of carbonyl (C=O) groups is 1. The Balaban J connectivity index is 1.74. The van der Waals surface area contributed by atoms with Crippen LogP contribution < -0.4 is 5.32 Å². The maximum Gasteiger partial charge on any atom is 0.410 e. The van der Waals surface area contributed by atoms with Crippen LogP contribution in [0.3, 0.4) is 0 Å². The molecule has 2 aliphatic rings. The van der Waals surface area contributed by atoms with Crippen LogP contribution in [0.15, 0.2) is 0 Å². The molecule has 0 radical (unpaired) electrons. The average molecular weight is 329 g/mol. The predicted molar refractivity (Wildman–Crippen MR) is 93.5 cm³/mol. The van der Waals surface area contributed by atoms with Crippen molar-refractivity contribution in [3.8, 4) is 0 Å². The summed E-state index contributed by atoms with van der Waals surface area (Å²) in [5.74, 6) is 2.58. The molecule has 2 rings (SSSR count). The van der Waals surface area contributed by atoms with Gasteiger partial charge in [0, 0.05) is 25.7 Å².